The summed E-state index contributed by atoms with van der Waals surface area (Å²) in [7, 11) is 0. The Bertz CT molecular complexity index is 1100. The van der Waals surface area contributed by atoms with Crippen molar-refractivity contribution in [3.63, 3.8) is 0 Å². The minimum absolute atomic E-state index is 0.00510. The van der Waals surface area contributed by atoms with Gasteiger partial charge < -0.3 is 14.4 Å². The number of hydrogen-bond donors (Lipinski definition) is 0. The van der Waals surface area contributed by atoms with Gasteiger partial charge in [0.1, 0.15) is 24.8 Å². The maximum absolute atomic E-state index is 13.7. The standard InChI is InChI=1S/C25H22ClF2NO3/c26-21-7-3-1-5-17(21)16-29(19-10-11-19)25(30)20-6-2-4-8-23(20)31-13-14-32-24-15-18(27)9-12-22(24)28/h1-9,12,15,19H,10-11,13-14,16H2. The summed E-state index contributed by atoms with van der Waals surface area (Å²) in [4.78, 5) is 15.2. The fourth-order valence-corrected chi connectivity index (χ4v) is 3.57. The smallest absolute Gasteiger partial charge is 0.258 e. The quantitative estimate of drug-likeness (QED) is 0.376. The zero-order chi connectivity index (χ0) is 22.5. The second kappa shape index (κ2) is 10.0. The Hall–Kier alpha value is -3.12. The maximum atomic E-state index is 13.7. The highest BCUT2D eigenvalue weighted by atomic mass is 35.5. The summed E-state index contributed by atoms with van der Waals surface area (Å²) >= 11 is 6.30. The number of hydrogen-bond acceptors (Lipinski definition) is 3. The predicted octanol–water partition coefficient (Wildman–Crippen LogP) is 5.88. The van der Waals surface area contributed by atoms with Crippen LogP contribution < -0.4 is 9.47 Å². The average Bonchev–Trinajstić information content (AvgIpc) is 3.63. The molecule has 4 nitrogen and oxygen atoms in total. The van der Waals surface area contributed by atoms with E-state index < -0.39 is 11.6 Å². The lowest BCUT2D eigenvalue weighted by Gasteiger charge is -2.24. The van der Waals surface area contributed by atoms with E-state index >= 15 is 0 Å². The van der Waals surface area contributed by atoms with Gasteiger partial charge in [-0.2, -0.15) is 0 Å². The summed E-state index contributed by atoms with van der Waals surface area (Å²) in [6, 6.07) is 17.6. The number of ether oxygens (including phenoxy) is 2. The van der Waals surface area contributed by atoms with E-state index in [1.54, 1.807) is 24.3 Å². The van der Waals surface area contributed by atoms with Crippen molar-refractivity contribution in [3.05, 3.63) is 94.5 Å². The third-order valence-corrected chi connectivity index (χ3v) is 5.52. The number of rotatable bonds is 9. The summed E-state index contributed by atoms with van der Waals surface area (Å²) in [5.74, 6) is -1.15. The highest BCUT2D eigenvalue weighted by Crippen LogP contribution is 2.33. The van der Waals surface area contributed by atoms with Gasteiger partial charge >= 0.3 is 0 Å². The largest absolute Gasteiger partial charge is 0.489 e. The number of carbonyl (C=O) groups excluding carboxylic acids is 1. The van der Waals surface area contributed by atoms with Gasteiger partial charge in [-0.15, -0.1) is 0 Å². The molecule has 0 N–H and O–H groups in total. The molecule has 0 aliphatic heterocycles. The first-order valence-corrected chi connectivity index (χ1v) is 10.7. The normalized spacial score (nSPS) is 13.0. The van der Waals surface area contributed by atoms with Crippen LogP contribution in [0.15, 0.2) is 66.7 Å². The van der Waals surface area contributed by atoms with Crippen molar-refractivity contribution in [1.82, 2.24) is 4.90 Å². The summed E-state index contributed by atoms with van der Waals surface area (Å²) in [5.41, 5.74) is 1.32. The van der Waals surface area contributed by atoms with Gasteiger partial charge in [0.05, 0.1) is 5.56 Å². The summed E-state index contributed by atoms with van der Waals surface area (Å²) in [6.45, 7) is 0.475. The first-order valence-electron chi connectivity index (χ1n) is 10.4. The summed E-state index contributed by atoms with van der Waals surface area (Å²) in [5, 5.41) is 0.622. The van der Waals surface area contributed by atoms with Gasteiger partial charge in [-0.3, -0.25) is 4.79 Å². The molecule has 0 heterocycles. The lowest BCUT2D eigenvalue weighted by Crippen LogP contribution is -2.33. The van der Waals surface area contributed by atoms with E-state index in [1.807, 2.05) is 29.2 Å². The lowest BCUT2D eigenvalue weighted by molar-refractivity contribution is 0.0724. The fraction of sp³-hybridized carbons (Fsp3) is 0.240. The number of para-hydroxylation sites is 1. The molecule has 32 heavy (non-hydrogen) atoms. The van der Waals surface area contributed by atoms with Crippen LogP contribution in [0, 0.1) is 11.6 Å². The van der Waals surface area contributed by atoms with E-state index in [2.05, 4.69) is 0 Å². The van der Waals surface area contributed by atoms with E-state index in [4.69, 9.17) is 21.1 Å². The predicted molar refractivity (Wildman–Crippen MR) is 118 cm³/mol. The van der Waals surface area contributed by atoms with Crippen molar-refractivity contribution >= 4 is 17.5 Å². The lowest BCUT2D eigenvalue weighted by atomic mass is 10.1. The number of halogens is 3. The van der Waals surface area contributed by atoms with Crippen molar-refractivity contribution in [3.8, 4) is 11.5 Å². The number of carbonyl (C=O) groups is 1. The fourth-order valence-electron chi connectivity index (χ4n) is 3.38. The minimum Gasteiger partial charge on any atom is -0.489 e. The van der Waals surface area contributed by atoms with Crippen molar-refractivity contribution in [2.24, 2.45) is 0 Å². The van der Waals surface area contributed by atoms with Crippen molar-refractivity contribution < 1.29 is 23.0 Å². The van der Waals surface area contributed by atoms with Crippen molar-refractivity contribution in [1.29, 1.82) is 0 Å². The number of nitrogens with zero attached hydrogens (tertiary/aromatic N) is 1. The zero-order valence-electron chi connectivity index (χ0n) is 17.3. The molecule has 0 aromatic heterocycles. The summed E-state index contributed by atoms with van der Waals surface area (Å²) in [6.07, 6.45) is 1.90. The van der Waals surface area contributed by atoms with Crippen molar-refractivity contribution in [2.75, 3.05) is 13.2 Å². The molecule has 1 aliphatic carbocycles. The van der Waals surface area contributed by atoms with Crippen LogP contribution in [0.3, 0.4) is 0 Å². The molecule has 4 rings (SSSR count). The third kappa shape index (κ3) is 5.37. The molecule has 3 aromatic carbocycles. The molecule has 0 atom stereocenters. The van der Waals surface area contributed by atoms with Gasteiger partial charge in [-0.25, -0.2) is 8.78 Å². The van der Waals surface area contributed by atoms with Gasteiger partial charge in [0.2, 0.25) is 0 Å². The molecule has 0 spiro atoms. The van der Waals surface area contributed by atoms with Crippen molar-refractivity contribution in [2.45, 2.75) is 25.4 Å². The van der Waals surface area contributed by atoms with Gasteiger partial charge in [-0.1, -0.05) is 41.9 Å². The van der Waals surface area contributed by atoms with E-state index in [0.717, 1.165) is 36.6 Å². The molecule has 3 aromatic rings. The van der Waals surface area contributed by atoms with E-state index in [9.17, 15) is 13.6 Å². The van der Waals surface area contributed by atoms with Crippen LogP contribution in [-0.2, 0) is 6.54 Å². The van der Waals surface area contributed by atoms with Crippen LogP contribution >= 0.6 is 11.6 Å². The van der Waals surface area contributed by atoms with Crippen LogP contribution in [0.5, 0.6) is 11.5 Å². The van der Waals surface area contributed by atoms with Gasteiger partial charge in [0.15, 0.2) is 11.6 Å². The van der Waals surface area contributed by atoms with Crippen LogP contribution in [0.25, 0.3) is 0 Å². The first-order chi connectivity index (χ1) is 15.5. The molecule has 166 valence electrons. The van der Waals surface area contributed by atoms with Crippen LogP contribution in [0.1, 0.15) is 28.8 Å². The third-order valence-electron chi connectivity index (χ3n) is 5.16. The van der Waals surface area contributed by atoms with E-state index in [0.29, 0.717) is 22.9 Å². The van der Waals surface area contributed by atoms with E-state index in [1.165, 1.54) is 0 Å². The van der Waals surface area contributed by atoms with Gasteiger partial charge in [0.25, 0.3) is 5.91 Å². The minimum atomic E-state index is -0.651. The molecule has 0 unspecified atom stereocenters. The van der Waals surface area contributed by atoms with E-state index in [-0.39, 0.29) is 30.9 Å². The summed E-state index contributed by atoms with van der Waals surface area (Å²) < 4.78 is 38.0. The molecule has 1 amide bonds. The number of amides is 1. The Balaban J connectivity index is 1.43. The molecular weight excluding hydrogens is 436 g/mol. The highest BCUT2D eigenvalue weighted by molar-refractivity contribution is 6.31. The Morgan fingerprint density at radius 1 is 0.938 bits per heavy atom. The Morgan fingerprint density at radius 2 is 1.62 bits per heavy atom. The maximum Gasteiger partial charge on any atom is 0.258 e. The first kappa shape index (κ1) is 22.1. The average molecular weight is 458 g/mol. The molecule has 1 aliphatic rings. The zero-order valence-corrected chi connectivity index (χ0v) is 18.0. The topological polar surface area (TPSA) is 38.8 Å². The Labute approximate surface area is 190 Å². The van der Waals surface area contributed by atoms with Crippen LogP contribution in [-0.4, -0.2) is 30.1 Å². The monoisotopic (exact) mass is 457 g/mol. The van der Waals surface area contributed by atoms with Gasteiger partial charge in [-0.05, 0) is 48.7 Å². The van der Waals surface area contributed by atoms with Gasteiger partial charge in [0, 0.05) is 23.7 Å². The SMILES string of the molecule is O=C(c1ccccc1OCCOc1cc(F)ccc1F)N(Cc1ccccc1Cl)C1CC1. The molecule has 0 bridgehead atoms. The second-order valence-electron chi connectivity index (χ2n) is 7.52. The molecule has 0 saturated heterocycles. The number of benzene rings is 3. The van der Waals surface area contributed by atoms with Crippen LogP contribution in [0.4, 0.5) is 8.78 Å². The molecule has 7 heteroatoms. The Morgan fingerprint density at radius 3 is 2.38 bits per heavy atom. The molecule has 1 saturated carbocycles. The van der Waals surface area contributed by atoms with Crippen LogP contribution in [0.2, 0.25) is 5.02 Å². The highest BCUT2D eigenvalue weighted by Gasteiger charge is 2.34. The molecular formula is C25H22ClF2NO3. The second-order valence-corrected chi connectivity index (χ2v) is 7.93. The Kier molecular flexibility index (Phi) is 6.90. The molecule has 0 radical (unpaired) electrons. The molecule has 1 fully saturated rings.